The summed E-state index contributed by atoms with van der Waals surface area (Å²) in [6.45, 7) is 1.76. The van der Waals surface area contributed by atoms with Crippen LogP contribution in [0.1, 0.15) is 6.92 Å². The minimum atomic E-state index is -0.416. The molecule has 0 spiro atoms. The van der Waals surface area contributed by atoms with Crippen molar-refractivity contribution in [2.45, 2.75) is 16.5 Å². The molecule has 0 fully saturated rings. The van der Waals surface area contributed by atoms with Gasteiger partial charge in [0.15, 0.2) is 9.49 Å². The van der Waals surface area contributed by atoms with E-state index in [1.165, 1.54) is 35.2 Å². The van der Waals surface area contributed by atoms with Gasteiger partial charge >= 0.3 is 0 Å². The zero-order valence-electron chi connectivity index (χ0n) is 13.4. The van der Waals surface area contributed by atoms with E-state index >= 15 is 0 Å². The fraction of sp³-hybridized carbons (Fsp3) is 0.125. The first-order valence-electron chi connectivity index (χ1n) is 7.45. The highest BCUT2D eigenvalue weighted by molar-refractivity contribution is 8.02. The van der Waals surface area contributed by atoms with Crippen LogP contribution in [-0.4, -0.2) is 26.3 Å². The second-order valence-electron chi connectivity index (χ2n) is 5.10. The summed E-state index contributed by atoms with van der Waals surface area (Å²) in [6, 6.07) is 9.42. The van der Waals surface area contributed by atoms with Crippen molar-refractivity contribution in [2.75, 3.05) is 10.6 Å². The largest absolute Gasteiger partial charge is 0.330 e. The van der Waals surface area contributed by atoms with Gasteiger partial charge in [0, 0.05) is 11.9 Å². The molecule has 0 radical (unpaired) electrons. The Hall–Kier alpha value is -2.23. The number of hydrogen-bond acceptors (Lipinski definition) is 7. The highest BCUT2D eigenvalue weighted by atomic mass is 35.5. The van der Waals surface area contributed by atoms with Crippen LogP contribution in [0, 0.1) is 5.82 Å². The van der Waals surface area contributed by atoms with E-state index in [4.69, 9.17) is 11.6 Å². The predicted molar refractivity (Wildman–Crippen MR) is 103 cm³/mol. The number of rotatable bonds is 6. The number of carbonyl (C=O) groups is 1. The number of pyridine rings is 1. The van der Waals surface area contributed by atoms with E-state index in [9.17, 15) is 9.18 Å². The second-order valence-corrected chi connectivity index (χ2v) is 8.02. The third-order valence-corrected chi connectivity index (χ3v) is 5.47. The third-order valence-electron chi connectivity index (χ3n) is 3.15. The van der Waals surface area contributed by atoms with Gasteiger partial charge < -0.3 is 10.6 Å². The maximum absolute atomic E-state index is 13.2. The van der Waals surface area contributed by atoms with Crippen molar-refractivity contribution < 1.29 is 9.18 Å². The molecule has 10 heteroatoms. The van der Waals surface area contributed by atoms with Gasteiger partial charge in [-0.15, -0.1) is 10.2 Å². The standard InChI is InChI=1S/C16H13ClFN5OS2/c1-9(14(24)21-12-6-3-7-19-13(12)17)25-16-23-22-15(26-16)20-11-5-2-4-10(18)8-11/h2-9H,1H3,(H,20,22)(H,21,24)/t9-/m1/s1. The molecule has 0 bridgehead atoms. The van der Waals surface area contributed by atoms with E-state index in [0.717, 1.165) is 0 Å². The number of aromatic nitrogens is 3. The Labute approximate surface area is 162 Å². The number of amides is 1. The van der Waals surface area contributed by atoms with E-state index in [1.807, 2.05) is 0 Å². The summed E-state index contributed by atoms with van der Waals surface area (Å²) >= 11 is 8.48. The number of nitrogens with one attached hydrogen (secondary N) is 2. The fourth-order valence-electron chi connectivity index (χ4n) is 1.92. The molecule has 1 amide bonds. The van der Waals surface area contributed by atoms with Crippen LogP contribution in [0.4, 0.5) is 20.9 Å². The molecule has 2 heterocycles. The predicted octanol–water partition coefficient (Wildman–Crippen LogP) is 4.59. The molecule has 0 unspecified atom stereocenters. The molecule has 0 saturated carbocycles. The molecule has 134 valence electrons. The Morgan fingerprint density at radius 3 is 2.92 bits per heavy atom. The van der Waals surface area contributed by atoms with Crippen LogP contribution in [-0.2, 0) is 4.79 Å². The molecular weight excluding hydrogens is 397 g/mol. The quantitative estimate of drug-likeness (QED) is 0.458. The van der Waals surface area contributed by atoms with Gasteiger partial charge in [-0.05, 0) is 37.3 Å². The average molecular weight is 410 g/mol. The normalized spacial score (nSPS) is 11.8. The van der Waals surface area contributed by atoms with Crippen molar-refractivity contribution in [3.63, 3.8) is 0 Å². The van der Waals surface area contributed by atoms with Crippen LogP contribution in [0.2, 0.25) is 5.15 Å². The van der Waals surface area contributed by atoms with Crippen molar-refractivity contribution in [1.29, 1.82) is 0 Å². The second kappa shape index (κ2) is 8.43. The zero-order chi connectivity index (χ0) is 18.5. The van der Waals surface area contributed by atoms with Crippen LogP contribution in [0.3, 0.4) is 0 Å². The summed E-state index contributed by atoms with van der Waals surface area (Å²) in [6.07, 6.45) is 1.55. The first kappa shape index (κ1) is 18.6. The summed E-state index contributed by atoms with van der Waals surface area (Å²) in [7, 11) is 0. The van der Waals surface area contributed by atoms with Gasteiger partial charge in [-0.2, -0.15) is 0 Å². The number of anilines is 3. The molecule has 3 aromatic rings. The monoisotopic (exact) mass is 409 g/mol. The zero-order valence-corrected chi connectivity index (χ0v) is 15.8. The summed E-state index contributed by atoms with van der Waals surface area (Å²) in [5.74, 6) is -0.562. The van der Waals surface area contributed by atoms with Gasteiger partial charge in [-0.1, -0.05) is 40.8 Å². The summed E-state index contributed by atoms with van der Waals surface area (Å²) in [5, 5.41) is 14.1. The first-order valence-corrected chi connectivity index (χ1v) is 9.53. The molecule has 0 aliphatic rings. The fourth-order valence-corrected chi connectivity index (χ4v) is 4.00. The smallest absolute Gasteiger partial charge is 0.237 e. The highest BCUT2D eigenvalue weighted by Crippen LogP contribution is 2.31. The molecule has 6 nitrogen and oxygen atoms in total. The average Bonchev–Trinajstić information content (AvgIpc) is 3.03. The molecule has 0 saturated heterocycles. The lowest BCUT2D eigenvalue weighted by atomic mass is 10.3. The van der Waals surface area contributed by atoms with Gasteiger partial charge in [0.25, 0.3) is 0 Å². The van der Waals surface area contributed by atoms with Gasteiger partial charge in [-0.3, -0.25) is 4.79 Å². The Morgan fingerprint density at radius 1 is 1.31 bits per heavy atom. The maximum Gasteiger partial charge on any atom is 0.237 e. The van der Waals surface area contributed by atoms with Crippen LogP contribution in [0.5, 0.6) is 0 Å². The van der Waals surface area contributed by atoms with Gasteiger partial charge in [0.05, 0.1) is 10.9 Å². The maximum atomic E-state index is 13.2. The molecule has 2 N–H and O–H groups in total. The first-order chi connectivity index (χ1) is 12.5. The lowest BCUT2D eigenvalue weighted by Crippen LogP contribution is -2.22. The Kier molecular flexibility index (Phi) is 6.02. The summed E-state index contributed by atoms with van der Waals surface area (Å²) in [4.78, 5) is 16.2. The Balaban J connectivity index is 1.59. The van der Waals surface area contributed by atoms with Crippen molar-refractivity contribution in [1.82, 2.24) is 15.2 Å². The molecule has 26 heavy (non-hydrogen) atoms. The van der Waals surface area contributed by atoms with Crippen LogP contribution < -0.4 is 10.6 Å². The van der Waals surface area contributed by atoms with Gasteiger partial charge in [0.1, 0.15) is 5.82 Å². The molecule has 0 aliphatic carbocycles. The molecular formula is C16H13ClFN5OS2. The highest BCUT2D eigenvalue weighted by Gasteiger charge is 2.18. The Morgan fingerprint density at radius 2 is 2.15 bits per heavy atom. The molecule has 1 atom stereocenters. The van der Waals surface area contributed by atoms with Crippen LogP contribution in [0.15, 0.2) is 46.9 Å². The van der Waals surface area contributed by atoms with E-state index in [1.54, 1.807) is 37.4 Å². The number of thioether (sulfide) groups is 1. The minimum Gasteiger partial charge on any atom is -0.330 e. The number of benzene rings is 1. The van der Waals surface area contributed by atoms with Crippen molar-refractivity contribution in [3.05, 3.63) is 53.6 Å². The SMILES string of the molecule is C[C@@H](Sc1nnc(Nc2cccc(F)c2)s1)C(=O)Nc1cccnc1Cl. The van der Waals surface area contributed by atoms with Gasteiger partial charge in [0.2, 0.25) is 11.0 Å². The van der Waals surface area contributed by atoms with Gasteiger partial charge in [-0.25, -0.2) is 9.37 Å². The summed E-state index contributed by atoms with van der Waals surface area (Å²) < 4.78 is 13.8. The Bertz CT molecular complexity index is 923. The molecule has 1 aromatic carbocycles. The molecule has 0 aliphatic heterocycles. The summed E-state index contributed by atoms with van der Waals surface area (Å²) in [5.41, 5.74) is 1.03. The number of nitrogens with zero attached hydrogens (tertiary/aromatic N) is 3. The number of carbonyl (C=O) groups excluding carboxylic acids is 1. The third kappa shape index (κ3) is 4.90. The number of hydrogen-bond donors (Lipinski definition) is 2. The van der Waals surface area contributed by atoms with E-state index in [0.29, 0.717) is 20.8 Å². The number of halogens is 2. The van der Waals surface area contributed by atoms with E-state index < -0.39 is 5.25 Å². The molecule has 3 rings (SSSR count). The minimum absolute atomic E-state index is 0.222. The topological polar surface area (TPSA) is 79.8 Å². The van der Waals surface area contributed by atoms with Crippen molar-refractivity contribution in [2.24, 2.45) is 0 Å². The van der Waals surface area contributed by atoms with Crippen LogP contribution >= 0.6 is 34.7 Å². The lowest BCUT2D eigenvalue weighted by molar-refractivity contribution is -0.115. The van der Waals surface area contributed by atoms with E-state index in [2.05, 4.69) is 25.8 Å². The van der Waals surface area contributed by atoms with Crippen molar-refractivity contribution in [3.8, 4) is 0 Å². The van der Waals surface area contributed by atoms with E-state index in [-0.39, 0.29) is 16.9 Å². The van der Waals surface area contributed by atoms with Crippen molar-refractivity contribution >= 4 is 57.1 Å². The lowest BCUT2D eigenvalue weighted by Gasteiger charge is -2.10. The molecule has 2 aromatic heterocycles. The van der Waals surface area contributed by atoms with Crippen LogP contribution in [0.25, 0.3) is 0 Å².